The first-order valence-electron chi connectivity index (χ1n) is 23.0. The average Bonchev–Trinajstić information content (AvgIpc) is 3.88. The average molecular weight is 965 g/mol. The Hall–Kier alpha value is -6.84. The summed E-state index contributed by atoms with van der Waals surface area (Å²) in [5.41, 5.74) is 2.35. The highest BCUT2D eigenvalue weighted by atomic mass is 31.2. The van der Waals surface area contributed by atoms with Crippen LogP contribution in [0.2, 0.25) is 0 Å². The summed E-state index contributed by atoms with van der Waals surface area (Å²) in [5.74, 6) is 0.135. The summed E-state index contributed by atoms with van der Waals surface area (Å²) in [6.07, 6.45) is -0.121. The largest absolute Gasteiger partial charge is 0.497 e. The molecule has 5 atom stereocenters. The maximum Gasteiger partial charge on any atom is 0.338 e. The van der Waals surface area contributed by atoms with Crippen LogP contribution < -0.4 is 15.0 Å². The smallest absolute Gasteiger partial charge is 0.338 e. The third-order valence-electron chi connectivity index (χ3n) is 11.8. The molecule has 0 radical (unpaired) electrons. The Balaban J connectivity index is 1.38. The molecule has 2 aromatic heterocycles. The van der Waals surface area contributed by atoms with Gasteiger partial charge in [-0.05, 0) is 92.9 Å². The van der Waals surface area contributed by atoms with Crippen LogP contribution in [0.3, 0.4) is 0 Å². The minimum absolute atomic E-state index is 0.0724. The number of H-pyrrole nitrogens is 1. The number of nitrogens with one attached hydrogen (secondary N) is 1. The van der Waals surface area contributed by atoms with Crippen LogP contribution in [0.5, 0.6) is 11.5 Å². The number of hydrogen-bond acceptors (Lipinski definition) is 12. The number of benzene rings is 5. The zero-order chi connectivity index (χ0) is 49.2. The summed E-state index contributed by atoms with van der Waals surface area (Å²) in [5, 5.41) is 0. The van der Waals surface area contributed by atoms with Crippen LogP contribution in [0.15, 0.2) is 170 Å². The monoisotopic (exact) mass is 964 g/mol. The van der Waals surface area contributed by atoms with Gasteiger partial charge in [-0.1, -0.05) is 97.1 Å². The number of hydrogen-bond donors (Lipinski definition) is 1. The molecule has 1 saturated heterocycles. The third kappa shape index (κ3) is 10.7. The van der Waals surface area contributed by atoms with E-state index in [2.05, 4.69) is 58.9 Å². The number of aromatic amines is 1. The number of aromatic nitrogens is 4. The highest BCUT2D eigenvalue weighted by Crippen LogP contribution is 2.51. The van der Waals surface area contributed by atoms with Crippen LogP contribution in [-0.2, 0) is 28.9 Å². The second kappa shape index (κ2) is 22.7. The lowest BCUT2D eigenvalue weighted by Gasteiger charge is -2.47. The van der Waals surface area contributed by atoms with Crippen LogP contribution in [-0.4, -0.2) is 93.9 Å². The molecule has 0 aliphatic carbocycles. The summed E-state index contributed by atoms with van der Waals surface area (Å²) in [4.78, 5) is 45.7. The van der Waals surface area contributed by atoms with Crippen molar-refractivity contribution in [2.45, 2.75) is 69.9 Å². The SMILES string of the molecule is C=CCOP(O[C@@H]1[C@H](OC(=O)c2ccccc2)[C@H](OC(c2ccccc2)(c2ccc(OC)cc2)c2ccc(OC)cc2)CO[C@H]1n1cnc2nc[nH]c2c1=NC(=O)c1ccccc1)N(C(C)C)C(C)C. The number of rotatable bonds is 19. The second-order valence-corrected chi connectivity index (χ2v) is 18.3. The Morgan fingerprint density at radius 3 is 1.91 bits per heavy atom. The molecule has 15 nitrogen and oxygen atoms in total. The zero-order valence-corrected chi connectivity index (χ0v) is 40.8. The fraction of sp³-hybridized carbons (Fsp3) is 0.278. The van der Waals surface area contributed by atoms with E-state index in [9.17, 15) is 9.59 Å². The van der Waals surface area contributed by atoms with Crippen molar-refractivity contribution in [3.05, 3.63) is 198 Å². The standard InChI is InChI=1S/C54H57N6O9P/c1-8-32-66-70(60(36(2)3)37(4)5)69-48-47(67-53(62)39-20-14-10-15-21-39)45(33-65-52(48)59-35-57-49-46(55-34-56-49)50(59)58-51(61)38-18-12-9-13-19-38)68-54(40-22-16-11-17-23-40,41-24-28-43(63-6)29-25-41)42-26-30-44(64-7)31-27-42/h8-31,34-37,45,47-48,52H,1,32-33H2,2-7H3,(H,55,56)/t45-,47-,48-,52-,70?/m1/s1. The van der Waals surface area contributed by atoms with E-state index >= 15 is 0 Å². The van der Waals surface area contributed by atoms with Crippen molar-refractivity contribution in [1.82, 2.24) is 24.2 Å². The molecule has 1 unspecified atom stereocenters. The van der Waals surface area contributed by atoms with E-state index in [1.54, 1.807) is 73.4 Å². The molecule has 0 saturated carbocycles. The Labute approximate surface area is 408 Å². The van der Waals surface area contributed by atoms with Crippen LogP contribution in [0.4, 0.5) is 0 Å². The van der Waals surface area contributed by atoms with Crippen molar-refractivity contribution < 1.29 is 42.3 Å². The van der Waals surface area contributed by atoms with Gasteiger partial charge in [-0.25, -0.2) is 19.4 Å². The van der Waals surface area contributed by atoms with Crippen LogP contribution in [0.25, 0.3) is 11.2 Å². The summed E-state index contributed by atoms with van der Waals surface area (Å²) in [6.45, 7) is 12.1. The number of carbonyl (C=O) groups excluding carboxylic acids is 2. The van der Waals surface area contributed by atoms with Crippen molar-refractivity contribution in [2.75, 3.05) is 27.4 Å². The lowest BCUT2D eigenvalue weighted by Crippen LogP contribution is -2.58. The molecule has 8 rings (SSSR count). The molecule has 1 aliphatic rings. The number of fused-ring (bicyclic) bond motifs is 1. The summed E-state index contributed by atoms with van der Waals surface area (Å²) in [7, 11) is 1.25. The summed E-state index contributed by atoms with van der Waals surface area (Å²) >= 11 is 0. The molecule has 70 heavy (non-hydrogen) atoms. The van der Waals surface area contributed by atoms with Crippen LogP contribution in [0, 0.1) is 0 Å². The maximum absolute atomic E-state index is 14.7. The van der Waals surface area contributed by atoms with Crippen molar-refractivity contribution in [3.8, 4) is 11.5 Å². The molecule has 5 aromatic carbocycles. The molecular formula is C54H57N6O9P. The lowest BCUT2D eigenvalue weighted by molar-refractivity contribution is -0.235. The predicted octanol–water partition coefficient (Wildman–Crippen LogP) is 9.58. The van der Waals surface area contributed by atoms with E-state index in [0.717, 1.165) is 16.7 Å². The molecule has 1 amide bonds. The zero-order valence-electron chi connectivity index (χ0n) is 40.0. The molecule has 1 fully saturated rings. The maximum atomic E-state index is 14.7. The molecular weight excluding hydrogens is 908 g/mol. The minimum Gasteiger partial charge on any atom is -0.497 e. The van der Waals surface area contributed by atoms with E-state index in [1.807, 2.05) is 91.0 Å². The van der Waals surface area contributed by atoms with Gasteiger partial charge >= 0.3 is 5.97 Å². The molecule has 1 N–H and O–H groups in total. The number of nitrogens with zero attached hydrogens (tertiary/aromatic N) is 5. The third-order valence-corrected chi connectivity index (χ3v) is 13.9. The number of amides is 1. The van der Waals surface area contributed by atoms with E-state index in [-0.39, 0.29) is 30.8 Å². The van der Waals surface area contributed by atoms with Gasteiger partial charge in [0.1, 0.15) is 35.0 Å². The lowest BCUT2D eigenvalue weighted by atomic mass is 9.79. The molecule has 16 heteroatoms. The van der Waals surface area contributed by atoms with Crippen LogP contribution >= 0.6 is 8.53 Å². The number of carbonyl (C=O) groups is 2. The fourth-order valence-electron chi connectivity index (χ4n) is 8.61. The Kier molecular flexibility index (Phi) is 16.1. The molecule has 1 aliphatic heterocycles. The summed E-state index contributed by atoms with van der Waals surface area (Å²) in [6, 6.07) is 42.4. The van der Waals surface area contributed by atoms with Crippen molar-refractivity contribution in [2.24, 2.45) is 4.99 Å². The normalized spacial score (nSPS) is 18.0. The van der Waals surface area contributed by atoms with Gasteiger partial charge in [0.15, 0.2) is 29.6 Å². The van der Waals surface area contributed by atoms with Gasteiger partial charge in [0, 0.05) is 17.6 Å². The molecule has 0 spiro atoms. The summed E-state index contributed by atoms with van der Waals surface area (Å²) < 4.78 is 50.5. The van der Waals surface area contributed by atoms with E-state index < -0.39 is 50.5 Å². The predicted molar refractivity (Wildman–Crippen MR) is 266 cm³/mol. The molecule has 7 aromatic rings. The van der Waals surface area contributed by atoms with Crippen molar-refractivity contribution in [3.63, 3.8) is 0 Å². The minimum atomic E-state index is -1.98. The molecule has 362 valence electrons. The first kappa shape index (κ1) is 49.6. The number of imidazole rings is 1. The topological polar surface area (TPSA) is 161 Å². The van der Waals surface area contributed by atoms with Gasteiger partial charge in [-0.15, -0.1) is 6.58 Å². The van der Waals surface area contributed by atoms with Gasteiger partial charge in [0.2, 0.25) is 0 Å². The van der Waals surface area contributed by atoms with Crippen LogP contribution in [0.1, 0.15) is 71.3 Å². The van der Waals surface area contributed by atoms with Gasteiger partial charge in [0.25, 0.3) is 14.4 Å². The quantitative estimate of drug-likeness (QED) is 0.0354. The Morgan fingerprint density at radius 1 is 0.800 bits per heavy atom. The second-order valence-electron chi connectivity index (χ2n) is 16.9. The van der Waals surface area contributed by atoms with E-state index in [1.165, 1.54) is 12.7 Å². The highest BCUT2D eigenvalue weighted by Gasteiger charge is 2.52. The fourth-order valence-corrected chi connectivity index (χ4v) is 10.3. The first-order chi connectivity index (χ1) is 34.1. The van der Waals surface area contributed by atoms with Gasteiger partial charge < -0.3 is 37.7 Å². The first-order valence-corrected chi connectivity index (χ1v) is 24.1. The van der Waals surface area contributed by atoms with Crippen molar-refractivity contribution in [1.29, 1.82) is 0 Å². The van der Waals surface area contributed by atoms with Gasteiger partial charge in [0.05, 0.1) is 39.3 Å². The number of esters is 1. The molecule has 0 bridgehead atoms. The number of ether oxygens (including phenoxy) is 5. The van der Waals surface area contributed by atoms with Crippen molar-refractivity contribution >= 4 is 31.6 Å². The van der Waals surface area contributed by atoms with E-state index in [4.69, 9.17) is 32.7 Å². The number of methoxy groups -OCH3 is 2. The highest BCUT2D eigenvalue weighted by molar-refractivity contribution is 7.44. The Bertz CT molecular complexity index is 2840. The Morgan fingerprint density at radius 2 is 1.36 bits per heavy atom. The molecule has 3 heterocycles. The van der Waals surface area contributed by atoms with Gasteiger partial charge in [-0.2, -0.15) is 4.99 Å². The van der Waals surface area contributed by atoms with E-state index in [0.29, 0.717) is 33.8 Å². The van der Waals surface area contributed by atoms with Gasteiger partial charge in [-0.3, -0.25) is 9.36 Å².